The second-order valence-electron chi connectivity index (χ2n) is 18.3. The predicted molar refractivity (Wildman–Crippen MR) is 278 cm³/mol. The number of benzene rings is 11. The van der Waals surface area contributed by atoms with Gasteiger partial charge >= 0.3 is 0 Å². The van der Waals surface area contributed by atoms with E-state index in [1.807, 2.05) is 0 Å². The molecule has 1 spiro atoms. The predicted octanol–water partition coefficient (Wildman–Crippen LogP) is 16.7. The van der Waals surface area contributed by atoms with E-state index < -0.39 is 10.8 Å². The van der Waals surface area contributed by atoms with Crippen LogP contribution >= 0.6 is 0 Å². The van der Waals surface area contributed by atoms with Gasteiger partial charge in [-0.1, -0.05) is 212 Å². The molecule has 0 unspecified atom stereocenters. The number of anilines is 3. The average Bonchev–Trinajstić information content (AvgIpc) is 3.98. The molecule has 0 aromatic heterocycles. The second-order valence-corrected chi connectivity index (χ2v) is 18.3. The van der Waals surface area contributed by atoms with E-state index in [-0.39, 0.29) is 0 Å². The molecule has 0 aliphatic heterocycles. The standard InChI is InChI=1S/C66H43N/c1-4-18-44(19-5-1)45-32-34-50(35-33-45)67(51-36-38-56-55-28-12-15-29-59(55)65(63(56)42-51,48-22-6-2-7-23-48)49-24-8-3-9-25-49)52-37-39-57-58-40-46-20-10-11-21-47(46)41-62(58)66(64(57)43-52)60-30-16-13-26-53(60)54-27-14-17-31-61(54)66/h1-43H. The largest absolute Gasteiger partial charge is 0.310 e. The van der Waals surface area contributed by atoms with Gasteiger partial charge in [-0.2, -0.15) is 0 Å². The zero-order chi connectivity index (χ0) is 44.1. The Balaban J connectivity index is 1.04. The fraction of sp³-hybridized carbons (Fsp3) is 0.0303. The molecule has 1 nitrogen and oxygen atoms in total. The Kier molecular flexibility index (Phi) is 8.18. The first kappa shape index (κ1) is 37.8. The molecule has 0 amide bonds. The summed E-state index contributed by atoms with van der Waals surface area (Å²) in [6.45, 7) is 0. The van der Waals surface area contributed by atoms with E-state index in [4.69, 9.17) is 0 Å². The third-order valence-corrected chi connectivity index (χ3v) is 15.1. The molecule has 3 aliphatic carbocycles. The molecule has 67 heavy (non-hydrogen) atoms. The van der Waals surface area contributed by atoms with Crippen molar-refractivity contribution in [1.29, 1.82) is 0 Å². The van der Waals surface area contributed by atoms with Crippen LogP contribution in [0, 0.1) is 0 Å². The lowest BCUT2D eigenvalue weighted by atomic mass is 9.67. The van der Waals surface area contributed by atoms with Crippen LogP contribution in [0.3, 0.4) is 0 Å². The van der Waals surface area contributed by atoms with Gasteiger partial charge in [0.15, 0.2) is 0 Å². The highest BCUT2D eigenvalue weighted by atomic mass is 15.1. The van der Waals surface area contributed by atoms with E-state index >= 15 is 0 Å². The zero-order valence-corrected chi connectivity index (χ0v) is 36.8. The molecule has 11 aromatic carbocycles. The molecule has 312 valence electrons. The van der Waals surface area contributed by atoms with Crippen LogP contribution in [0.25, 0.3) is 55.3 Å². The number of hydrogen-bond donors (Lipinski definition) is 0. The summed E-state index contributed by atoms with van der Waals surface area (Å²) in [4.78, 5) is 2.50. The van der Waals surface area contributed by atoms with Crippen molar-refractivity contribution < 1.29 is 0 Å². The summed E-state index contributed by atoms with van der Waals surface area (Å²) in [5.74, 6) is 0. The fourth-order valence-electron chi connectivity index (χ4n) is 12.4. The Bertz CT molecular complexity index is 3650. The molecule has 0 bridgehead atoms. The molecule has 0 radical (unpaired) electrons. The maximum absolute atomic E-state index is 2.52. The second kappa shape index (κ2) is 14.5. The van der Waals surface area contributed by atoms with Crippen LogP contribution < -0.4 is 4.90 Å². The third kappa shape index (κ3) is 5.26. The molecule has 14 rings (SSSR count). The van der Waals surface area contributed by atoms with Crippen LogP contribution in [-0.4, -0.2) is 0 Å². The van der Waals surface area contributed by atoms with Crippen molar-refractivity contribution in [3.05, 3.63) is 305 Å². The minimum atomic E-state index is -0.532. The van der Waals surface area contributed by atoms with Gasteiger partial charge in [-0.05, 0) is 148 Å². The van der Waals surface area contributed by atoms with Crippen LogP contribution in [-0.2, 0) is 10.8 Å². The van der Waals surface area contributed by atoms with Crippen LogP contribution in [0.2, 0.25) is 0 Å². The molecular formula is C66H43N. The van der Waals surface area contributed by atoms with Gasteiger partial charge in [0.2, 0.25) is 0 Å². The molecule has 0 fully saturated rings. The van der Waals surface area contributed by atoms with Gasteiger partial charge in [0, 0.05) is 17.1 Å². The molecule has 0 saturated carbocycles. The van der Waals surface area contributed by atoms with Crippen molar-refractivity contribution in [2.45, 2.75) is 10.8 Å². The molecule has 11 aromatic rings. The SMILES string of the molecule is c1ccc(-c2ccc(N(c3ccc4c(c3)C(c3ccccc3)(c3ccccc3)c3ccccc3-4)c3ccc4c(c3)C3(c5ccccc5-c5ccccc53)c3cc5ccccc5cc3-4)cc2)cc1. The summed E-state index contributed by atoms with van der Waals surface area (Å²) in [7, 11) is 0. The Morgan fingerprint density at radius 3 is 1.15 bits per heavy atom. The molecule has 0 heterocycles. The highest BCUT2D eigenvalue weighted by Crippen LogP contribution is 2.64. The number of nitrogens with zero attached hydrogens (tertiary/aromatic N) is 1. The minimum Gasteiger partial charge on any atom is -0.310 e. The van der Waals surface area contributed by atoms with E-state index in [1.165, 1.54) is 99.8 Å². The maximum Gasteiger partial charge on any atom is 0.0726 e. The van der Waals surface area contributed by atoms with Crippen molar-refractivity contribution in [2.24, 2.45) is 0 Å². The lowest BCUT2D eigenvalue weighted by Crippen LogP contribution is -2.28. The topological polar surface area (TPSA) is 3.24 Å². The van der Waals surface area contributed by atoms with Gasteiger partial charge in [-0.15, -0.1) is 0 Å². The lowest BCUT2D eigenvalue weighted by molar-refractivity contribution is 0.768. The van der Waals surface area contributed by atoms with Crippen LogP contribution in [0.1, 0.15) is 44.5 Å². The lowest BCUT2D eigenvalue weighted by Gasteiger charge is -2.35. The van der Waals surface area contributed by atoms with Gasteiger partial charge in [0.1, 0.15) is 0 Å². The van der Waals surface area contributed by atoms with Gasteiger partial charge in [0.05, 0.1) is 10.8 Å². The van der Waals surface area contributed by atoms with Crippen LogP contribution in [0.4, 0.5) is 17.1 Å². The van der Waals surface area contributed by atoms with Gasteiger partial charge in [-0.25, -0.2) is 0 Å². The molecule has 0 atom stereocenters. The first-order valence-electron chi connectivity index (χ1n) is 23.4. The van der Waals surface area contributed by atoms with Gasteiger partial charge in [0.25, 0.3) is 0 Å². The number of hydrogen-bond acceptors (Lipinski definition) is 1. The highest BCUT2D eigenvalue weighted by molar-refractivity contribution is 6.01. The number of rotatable bonds is 6. The summed E-state index contributed by atoms with van der Waals surface area (Å²) in [5, 5.41) is 2.52. The molecule has 0 N–H and O–H groups in total. The average molecular weight is 850 g/mol. The van der Waals surface area contributed by atoms with E-state index in [1.54, 1.807) is 0 Å². The summed E-state index contributed by atoms with van der Waals surface area (Å²) in [5.41, 5.74) is 22.9. The quantitative estimate of drug-likeness (QED) is 0.161. The fourth-order valence-corrected chi connectivity index (χ4v) is 12.4. The summed E-state index contributed by atoms with van der Waals surface area (Å²) >= 11 is 0. The van der Waals surface area contributed by atoms with E-state index in [0.717, 1.165) is 17.1 Å². The number of fused-ring (bicyclic) bond motifs is 14. The Morgan fingerprint density at radius 2 is 0.597 bits per heavy atom. The van der Waals surface area contributed by atoms with Crippen molar-refractivity contribution in [3.8, 4) is 44.5 Å². The van der Waals surface area contributed by atoms with Gasteiger partial charge < -0.3 is 4.90 Å². The maximum atomic E-state index is 2.52. The van der Waals surface area contributed by atoms with Crippen molar-refractivity contribution in [3.63, 3.8) is 0 Å². The van der Waals surface area contributed by atoms with Crippen LogP contribution in [0.5, 0.6) is 0 Å². The third-order valence-electron chi connectivity index (χ3n) is 15.1. The Hall–Kier alpha value is -8.52. The molecule has 3 aliphatic rings. The smallest absolute Gasteiger partial charge is 0.0726 e. The molecule has 0 saturated heterocycles. The van der Waals surface area contributed by atoms with Crippen molar-refractivity contribution in [2.75, 3.05) is 4.90 Å². The van der Waals surface area contributed by atoms with Crippen LogP contribution in [0.15, 0.2) is 261 Å². The Morgan fingerprint density at radius 1 is 0.224 bits per heavy atom. The first-order chi connectivity index (χ1) is 33.2. The first-order valence-corrected chi connectivity index (χ1v) is 23.4. The summed E-state index contributed by atoms with van der Waals surface area (Å²) < 4.78 is 0. The summed E-state index contributed by atoms with van der Waals surface area (Å²) in [6.07, 6.45) is 0. The normalized spacial score (nSPS) is 13.9. The van der Waals surface area contributed by atoms with E-state index in [2.05, 4.69) is 266 Å². The minimum absolute atomic E-state index is 0.504. The van der Waals surface area contributed by atoms with Gasteiger partial charge in [-0.3, -0.25) is 0 Å². The van der Waals surface area contributed by atoms with E-state index in [0.29, 0.717) is 0 Å². The van der Waals surface area contributed by atoms with E-state index in [9.17, 15) is 0 Å². The molecular weight excluding hydrogens is 807 g/mol. The Labute approximate surface area is 391 Å². The monoisotopic (exact) mass is 849 g/mol. The summed E-state index contributed by atoms with van der Waals surface area (Å²) in [6, 6.07) is 97.6. The zero-order valence-electron chi connectivity index (χ0n) is 36.8. The van der Waals surface area contributed by atoms with Crippen molar-refractivity contribution >= 4 is 27.8 Å². The highest BCUT2D eigenvalue weighted by Gasteiger charge is 2.52. The van der Waals surface area contributed by atoms with Crippen molar-refractivity contribution in [1.82, 2.24) is 0 Å². The molecule has 1 heteroatoms.